The van der Waals surface area contributed by atoms with Gasteiger partial charge in [-0.2, -0.15) is 8.42 Å². The van der Waals surface area contributed by atoms with Crippen LogP contribution in [-0.4, -0.2) is 58.6 Å². The second kappa shape index (κ2) is 6.29. The zero-order valence-electron chi connectivity index (χ0n) is 13.8. The van der Waals surface area contributed by atoms with Crippen molar-refractivity contribution in [3.8, 4) is 0 Å². The van der Waals surface area contributed by atoms with Gasteiger partial charge in [0.05, 0.1) is 12.9 Å². The van der Waals surface area contributed by atoms with E-state index in [-0.39, 0.29) is 6.61 Å². The van der Waals surface area contributed by atoms with E-state index < -0.39 is 40.6 Å². The van der Waals surface area contributed by atoms with Gasteiger partial charge in [0.2, 0.25) is 0 Å². The van der Waals surface area contributed by atoms with Crippen molar-refractivity contribution in [1.82, 2.24) is 19.5 Å². The molecule has 0 aliphatic carbocycles. The van der Waals surface area contributed by atoms with Gasteiger partial charge >= 0.3 is 10.3 Å². The fourth-order valence-electron chi connectivity index (χ4n) is 3.19. The SMILES string of the molecule is CC1(C)OC2C(COS(N)(=O)=O)OC(n3cnc4c(I)ncnc43)C2O1. The van der Waals surface area contributed by atoms with E-state index >= 15 is 0 Å². The van der Waals surface area contributed by atoms with Gasteiger partial charge in [-0.3, -0.25) is 8.75 Å². The van der Waals surface area contributed by atoms with E-state index in [9.17, 15) is 8.42 Å². The smallest absolute Gasteiger partial charge is 0.333 e. The maximum Gasteiger partial charge on any atom is 0.333 e. The van der Waals surface area contributed by atoms with Crippen molar-refractivity contribution in [1.29, 1.82) is 0 Å². The zero-order chi connectivity index (χ0) is 18.7. The van der Waals surface area contributed by atoms with Gasteiger partial charge in [0.1, 0.15) is 33.9 Å². The van der Waals surface area contributed by atoms with Crippen LogP contribution in [0.1, 0.15) is 20.1 Å². The largest absolute Gasteiger partial charge is 0.347 e. The van der Waals surface area contributed by atoms with Crippen molar-refractivity contribution in [2.75, 3.05) is 6.61 Å². The van der Waals surface area contributed by atoms with Crippen LogP contribution in [0.15, 0.2) is 12.7 Å². The standard InChI is InChI=1S/C13H16IN5O6S/c1-13(2)24-8-6(3-22-26(15,20)21)23-12(9(8)25-13)19-5-18-7-10(14)16-4-17-11(7)19/h4-6,8-9,12H,3H2,1-2H3,(H2,15,20,21). The van der Waals surface area contributed by atoms with Crippen LogP contribution in [0.4, 0.5) is 0 Å². The van der Waals surface area contributed by atoms with E-state index in [1.54, 1.807) is 24.7 Å². The number of imidazole rings is 1. The summed E-state index contributed by atoms with van der Waals surface area (Å²) in [6.45, 7) is 3.27. The normalized spacial score (nSPS) is 30.8. The third-order valence-corrected chi connectivity index (χ3v) is 5.36. The van der Waals surface area contributed by atoms with Gasteiger partial charge in [-0.1, -0.05) is 0 Å². The number of nitrogens with two attached hydrogens (primary N) is 1. The molecule has 0 saturated carbocycles. The maximum atomic E-state index is 11.1. The molecule has 142 valence electrons. The summed E-state index contributed by atoms with van der Waals surface area (Å²) in [5.74, 6) is -0.850. The van der Waals surface area contributed by atoms with Crippen LogP contribution in [0.5, 0.6) is 0 Å². The average Bonchev–Trinajstić information content (AvgIpc) is 3.16. The highest BCUT2D eigenvalue weighted by Gasteiger charge is 2.56. The molecule has 26 heavy (non-hydrogen) atoms. The number of halogens is 1. The topological polar surface area (TPSA) is 141 Å². The number of aromatic nitrogens is 4. The second-order valence-electron chi connectivity index (χ2n) is 6.40. The van der Waals surface area contributed by atoms with Crippen LogP contribution in [0, 0.1) is 3.70 Å². The van der Waals surface area contributed by atoms with Gasteiger partial charge in [0, 0.05) is 0 Å². The third-order valence-electron chi connectivity index (χ3n) is 4.11. The lowest BCUT2D eigenvalue weighted by atomic mass is 10.1. The highest BCUT2D eigenvalue weighted by atomic mass is 127. The first kappa shape index (κ1) is 18.4. The molecule has 4 atom stereocenters. The molecule has 4 unspecified atom stereocenters. The molecule has 13 heteroatoms. The number of fused-ring (bicyclic) bond motifs is 2. The van der Waals surface area contributed by atoms with Crippen LogP contribution in [0.3, 0.4) is 0 Å². The molecule has 0 bridgehead atoms. The lowest BCUT2D eigenvalue weighted by Crippen LogP contribution is -2.34. The molecule has 2 fully saturated rings. The Labute approximate surface area is 162 Å². The highest BCUT2D eigenvalue weighted by Crippen LogP contribution is 2.43. The number of hydrogen-bond acceptors (Lipinski definition) is 9. The minimum Gasteiger partial charge on any atom is -0.347 e. The molecule has 2 aliphatic rings. The van der Waals surface area contributed by atoms with Crippen molar-refractivity contribution in [3.05, 3.63) is 16.4 Å². The second-order valence-corrected chi connectivity index (χ2v) is 8.64. The van der Waals surface area contributed by atoms with E-state index in [4.69, 9.17) is 23.5 Å². The zero-order valence-corrected chi connectivity index (χ0v) is 16.7. The van der Waals surface area contributed by atoms with Crippen molar-refractivity contribution >= 4 is 44.1 Å². The van der Waals surface area contributed by atoms with E-state index in [2.05, 4.69) is 37.5 Å². The van der Waals surface area contributed by atoms with Crippen LogP contribution in [-0.2, 0) is 28.7 Å². The third kappa shape index (κ3) is 3.32. The molecule has 4 heterocycles. The summed E-state index contributed by atoms with van der Waals surface area (Å²) in [4.78, 5) is 12.7. The van der Waals surface area contributed by atoms with Crippen LogP contribution < -0.4 is 5.14 Å². The summed E-state index contributed by atoms with van der Waals surface area (Å²) in [6, 6.07) is 0. The van der Waals surface area contributed by atoms with Crippen molar-refractivity contribution < 1.29 is 26.8 Å². The first-order valence-electron chi connectivity index (χ1n) is 7.66. The summed E-state index contributed by atoms with van der Waals surface area (Å²) >= 11 is 2.07. The molecular weight excluding hydrogens is 481 g/mol. The monoisotopic (exact) mass is 497 g/mol. The highest BCUT2D eigenvalue weighted by molar-refractivity contribution is 14.1. The van der Waals surface area contributed by atoms with Gasteiger partial charge in [0.25, 0.3) is 0 Å². The van der Waals surface area contributed by atoms with Crippen molar-refractivity contribution in [3.63, 3.8) is 0 Å². The van der Waals surface area contributed by atoms with E-state index in [0.717, 1.165) is 0 Å². The van der Waals surface area contributed by atoms with Crippen molar-refractivity contribution in [2.24, 2.45) is 5.14 Å². The molecule has 0 radical (unpaired) electrons. The Bertz CT molecular complexity index is 950. The Balaban J connectivity index is 1.68. The predicted octanol–water partition coefficient (Wildman–Crippen LogP) is 0.0685. The Kier molecular flexibility index (Phi) is 4.45. The molecular formula is C13H16IN5O6S. The number of ether oxygens (including phenoxy) is 3. The van der Waals surface area contributed by atoms with E-state index in [1.807, 2.05) is 0 Å². The minimum absolute atomic E-state index is 0.283. The van der Waals surface area contributed by atoms with Crippen LogP contribution in [0.2, 0.25) is 0 Å². The van der Waals surface area contributed by atoms with Gasteiger partial charge in [0.15, 0.2) is 17.7 Å². The first-order valence-corrected chi connectivity index (χ1v) is 10.2. The fourth-order valence-corrected chi connectivity index (χ4v) is 4.02. The Hall–Kier alpha value is -0.970. The molecule has 0 amide bonds. The predicted molar refractivity (Wildman–Crippen MR) is 94.8 cm³/mol. The molecule has 2 aliphatic heterocycles. The molecule has 11 nitrogen and oxygen atoms in total. The Morgan fingerprint density at radius 3 is 2.77 bits per heavy atom. The lowest BCUT2D eigenvalue weighted by Gasteiger charge is -2.24. The molecule has 2 aromatic heterocycles. The van der Waals surface area contributed by atoms with Gasteiger partial charge in [-0.05, 0) is 36.4 Å². The molecule has 0 aromatic carbocycles. The summed E-state index contributed by atoms with van der Waals surface area (Å²) in [6.07, 6.45) is 0.682. The minimum atomic E-state index is -4.10. The van der Waals surface area contributed by atoms with Gasteiger partial charge in [-0.15, -0.1) is 0 Å². The van der Waals surface area contributed by atoms with Crippen molar-refractivity contribution in [2.45, 2.75) is 44.2 Å². The lowest BCUT2D eigenvalue weighted by molar-refractivity contribution is -0.198. The quantitative estimate of drug-likeness (QED) is 0.459. The Morgan fingerprint density at radius 2 is 2.04 bits per heavy atom. The Morgan fingerprint density at radius 1 is 1.31 bits per heavy atom. The molecule has 2 N–H and O–H groups in total. The first-order chi connectivity index (χ1) is 12.1. The maximum absolute atomic E-state index is 11.1. The van der Waals surface area contributed by atoms with Crippen LogP contribution in [0.25, 0.3) is 11.2 Å². The van der Waals surface area contributed by atoms with Gasteiger partial charge in [-0.25, -0.2) is 20.1 Å². The van der Waals surface area contributed by atoms with Gasteiger partial charge < -0.3 is 14.2 Å². The molecule has 2 saturated heterocycles. The molecule has 2 aromatic rings. The average molecular weight is 497 g/mol. The van der Waals surface area contributed by atoms with E-state index in [0.29, 0.717) is 14.9 Å². The fraction of sp³-hybridized carbons (Fsp3) is 0.615. The van der Waals surface area contributed by atoms with E-state index in [1.165, 1.54) is 6.33 Å². The number of nitrogens with zero attached hydrogens (tertiary/aromatic N) is 4. The summed E-state index contributed by atoms with van der Waals surface area (Å²) < 4.78 is 47.2. The summed E-state index contributed by atoms with van der Waals surface area (Å²) in [5, 5.41) is 4.91. The number of hydrogen-bond donors (Lipinski definition) is 1. The summed E-state index contributed by atoms with van der Waals surface area (Å²) in [7, 11) is -4.10. The summed E-state index contributed by atoms with van der Waals surface area (Å²) in [5.41, 5.74) is 1.21. The van der Waals surface area contributed by atoms with Crippen LogP contribution >= 0.6 is 22.6 Å². The molecule has 4 rings (SSSR count). The molecule has 0 spiro atoms. The number of rotatable bonds is 4.